The van der Waals surface area contributed by atoms with Crippen molar-refractivity contribution in [3.05, 3.63) is 74.4 Å². The summed E-state index contributed by atoms with van der Waals surface area (Å²) >= 11 is 0. The minimum Gasteiger partial charge on any atom is -0.859 e. The molecule has 3 aromatic rings. The molecule has 1 heterocycles. The summed E-state index contributed by atoms with van der Waals surface area (Å²) in [6.45, 7) is 0. The predicted molar refractivity (Wildman–Crippen MR) is 101 cm³/mol. The summed E-state index contributed by atoms with van der Waals surface area (Å²) in [4.78, 5) is 26.8. The molecule has 0 spiro atoms. The van der Waals surface area contributed by atoms with E-state index in [1.807, 2.05) is 0 Å². The van der Waals surface area contributed by atoms with Crippen molar-refractivity contribution < 1.29 is 19.3 Å². The number of ether oxygens (including phenoxy) is 3. The van der Waals surface area contributed by atoms with Gasteiger partial charge in [0.15, 0.2) is 11.5 Å². The quantitative estimate of drug-likeness (QED) is 0.686. The van der Waals surface area contributed by atoms with Crippen LogP contribution in [0, 0.1) is 0 Å². The van der Waals surface area contributed by atoms with Crippen molar-refractivity contribution in [3.8, 4) is 28.8 Å². The van der Waals surface area contributed by atoms with E-state index < -0.39 is 17.1 Å². The number of nitrogens with zero attached hydrogens (tertiary/aromatic N) is 1. The van der Waals surface area contributed by atoms with Crippen LogP contribution in [0.15, 0.2) is 52.1 Å². The summed E-state index contributed by atoms with van der Waals surface area (Å²) in [5.41, 5.74) is -0.617. The summed E-state index contributed by atoms with van der Waals surface area (Å²) in [6, 6.07) is 11.6. The van der Waals surface area contributed by atoms with Crippen molar-refractivity contribution in [1.82, 2.24) is 9.55 Å². The van der Waals surface area contributed by atoms with Crippen LogP contribution in [-0.4, -0.2) is 30.9 Å². The topological polar surface area (TPSA) is 106 Å². The zero-order valence-electron chi connectivity index (χ0n) is 15.6. The van der Waals surface area contributed by atoms with Gasteiger partial charge >= 0.3 is 5.69 Å². The lowest BCUT2D eigenvalue weighted by Gasteiger charge is -2.20. The minimum absolute atomic E-state index is 0.0266. The Morgan fingerprint density at radius 3 is 2.39 bits per heavy atom. The number of methoxy groups -OCH3 is 3. The van der Waals surface area contributed by atoms with Crippen LogP contribution in [0.5, 0.6) is 23.1 Å². The minimum atomic E-state index is -0.806. The Balaban J connectivity index is 2.10. The van der Waals surface area contributed by atoms with Gasteiger partial charge < -0.3 is 19.3 Å². The molecule has 0 aliphatic rings. The summed E-state index contributed by atoms with van der Waals surface area (Å²) < 4.78 is 16.5. The molecule has 0 amide bonds. The van der Waals surface area contributed by atoms with E-state index in [0.717, 1.165) is 4.57 Å². The number of nitrogens with one attached hydrogen (secondary N) is 1. The first-order valence-electron chi connectivity index (χ1n) is 8.39. The molecule has 0 saturated heterocycles. The van der Waals surface area contributed by atoms with Crippen LogP contribution in [0.3, 0.4) is 0 Å². The highest BCUT2D eigenvalue weighted by Gasteiger charge is 2.13. The molecule has 1 aromatic heterocycles. The third kappa shape index (κ3) is 3.57. The van der Waals surface area contributed by atoms with Gasteiger partial charge in [0.05, 0.1) is 27.0 Å². The Kier molecular flexibility index (Phi) is 5.39. The molecule has 0 unspecified atom stereocenters. The first kappa shape index (κ1) is 19.1. The Labute approximate surface area is 160 Å². The van der Waals surface area contributed by atoms with Gasteiger partial charge in [-0.15, -0.1) is 0 Å². The van der Waals surface area contributed by atoms with Crippen molar-refractivity contribution in [2.24, 2.45) is 0 Å². The Morgan fingerprint density at radius 1 is 0.964 bits per heavy atom. The third-order valence-corrected chi connectivity index (χ3v) is 4.30. The molecule has 2 aromatic carbocycles. The highest BCUT2D eigenvalue weighted by atomic mass is 16.5. The van der Waals surface area contributed by atoms with Crippen molar-refractivity contribution in [1.29, 1.82) is 0 Å². The molecule has 0 bridgehead atoms. The van der Waals surface area contributed by atoms with E-state index >= 15 is 0 Å². The maximum atomic E-state index is 12.9. The van der Waals surface area contributed by atoms with Crippen LogP contribution in [0.1, 0.15) is 11.1 Å². The Bertz CT molecular complexity index is 1120. The fourth-order valence-electron chi connectivity index (χ4n) is 2.89. The summed E-state index contributed by atoms with van der Waals surface area (Å²) in [5.74, 6) is 0.807. The van der Waals surface area contributed by atoms with Gasteiger partial charge in [-0.05, 0) is 35.7 Å². The van der Waals surface area contributed by atoms with E-state index in [1.54, 1.807) is 42.5 Å². The first-order chi connectivity index (χ1) is 13.5. The fraction of sp³-hybridized carbons (Fsp3) is 0.200. The van der Waals surface area contributed by atoms with Crippen LogP contribution in [0.2, 0.25) is 0 Å². The molecular weight excluding hydrogens is 364 g/mol. The van der Waals surface area contributed by atoms with Gasteiger partial charge in [0.2, 0.25) is 0 Å². The number of aromatic nitrogens is 2. The summed E-state index contributed by atoms with van der Waals surface area (Å²) in [5, 5.41) is 12.9. The van der Waals surface area contributed by atoms with E-state index in [0.29, 0.717) is 28.5 Å². The number of hydrogen-bond acceptors (Lipinski definition) is 6. The standard InChI is InChI=1S/C20H20N2O6/c1-26-14-6-4-5-13(11-14)22-19(24)15(18(23)21-20(22)25)9-12-7-8-16(27-2)17(10-12)28-3/h4-8,10-11,24H,9H2,1-3H3,(H,21,23,25)/p-1. The smallest absolute Gasteiger partial charge is 0.332 e. The number of hydrogen-bond donors (Lipinski definition) is 1. The van der Waals surface area contributed by atoms with E-state index in [4.69, 9.17) is 14.2 Å². The van der Waals surface area contributed by atoms with Crippen LogP contribution < -0.4 is 30.6 Å². The van der Waals surface area contributed by atoms with Gasteiger partial charge in [-0.2, -0.15) is 0 Å². The lowest BCUT2D eigenvalue weighted by Crippen LogP contribution is -2.34. The molecule has 8 heteroatoms. The molecular formula is C20H19N2O6-. The van der Waals surface area contributed by atoms with Crippen LogP contribution in [-0.2, 0) is 6.42 Å². The molecule has 3 rings (SSSR count). The van der Waals surface area contributed by atoms with Crippen molar-refractivity contribution in [2.45, 2.75) is 6.42 Å². The van der Waals surface area contributed by atoms with Gasteiger partial charge in [-0.3, -0.25) is 14.3 Å². The Morgan fingerprint density at radius 2 is 1.71 bits per heavy atom. The SMILES string of the molecule is COc1cccc(-n2c([O-])c(Cc3ccc(OC)c(OC)c3)c(=O)[nH]c2=O)c1. The van der Waals surface area contributed by atoms with Crippen molar-refractivity contribution in [3.63, 3.8) is 0 Å². The third-order valence-electron chi connectivity index (χ3n) is 4.30. The number of aromatic amines is 1. The lowest BCUT2D eigenvalue weighted by molar-refractivity contribution is -0.279. The first-order valence-corrected chi connectivity index (χ1v) is 8.39. The second-order valence-electron chi connectivity index (χ2n) is 5.95. The number of rotatable bonds is 6. The van der Waals surface area contributed by atoms with Gasteiger partial charge in [0.1, 0.15) is 5.75 Å². The summed E-state index contributed by atoms with van der Waals surface area (Å²) in [6.07, 6.45) is 0.0266. The second-order valence-corrected chi connectivity index (χ2v) is 5.95. The van der Waals surface area contributed by atoms with Crippen LogP contribution >= 0.6 is 0 Å². The maximum Gasteiger partial charge on any atom is 0.332 e. The largest absolute Gasteiger partial charge is 0.859 e. The average Bonchev–Trinajstić information content (AvgIpc) is 2.71. The monoisotopic (exact) mass is 383 g/mol. The molecule has 28 heavy (non-hydrogen) atoms. The fourth-order valence-corrected chi connectivity index (χ4v) is 2.89. The molecule has 0 fully saturated rings. The average molecular weight is 383 g/mol. The van der Waals surface area contributed by atoms with E-state index in [-0.39, 0.29) is 12.0 Å². The van der Waals surface area contributed by atoms with E-state index in [1.165, 1.54) is 21.3 Å². The zero-order valence-corrected chi connectivity index (χ0v) is 15.6. The zero-order chi connectivity index (χ0) is 20.3. The molecule has 0 radical (unpaired) electrons. The molecule has 0 atom stereocenters. The molecule has 146 valence electrons. The number of benzene rings is 2. The molecule has 0 saturated carbocycles. The lowest BCUT2D eigenvalue weighted by atomic mass is 10.1. The van der Waals surface area contributed by atoms with Crippen LogP contribution in [0.4, 0.5) is 0 Å². The van der Waals surface area contributed by atoms with Crippen molar-refractivity contribution >= 4 is 0 Å². The highest BCUT2D eigenvalue weighted by molar-refractivity contribution is 5.46. The second kappa shape index (κ2) is 7.91. The number of H-pyrrole nitrogens is 1. The predicted octanol–water partition coefficient (Wildman–Crippen LogP) is 1.22. The van der Waals surface area contributed by atoms with Gasteiger partial charge in [-0.1, -0.05) is 12.1 Å². The maximum absolute atomic E-state index is 12.9. The van der Waals surface area contributed by atoms with Crippen LogP contribution in [0.25, 0.3) is 5.69 Å². The molecule has 1 N–H and O–H groups in total. The van der Waals surface area contributed by atoms with Gasteiger partial charge in [-0.25, -0.2) is 4.79 Å². The van der Waals surface area contributed by atoms with Gasteiger partial charge in [0.25, 0.3) is 5.56 Å². The molecule has 0 aliphatic carbocycles. The Hall–Kier alpha value is -3.68. The van der Waals surface area contributed by atoms with Crippen molar-refractivity contribution in [2.75, 3.05) is 21.3 Å². The van der Waals surface area contributed by atoms with Gasteiger partial charge in [0, 0.05) is 18.1 Å². The molecule has 8 nitrogen and oxygen atoms in total. The normalized spacial score (nSPS) is 10.5. The summed E-state index contributed by atoms with van der Waals surface area (Å²) in [7, 11) is 4.49. The van der Waals surface area contributed by atoms with E-state index in [9.17, 15) is 14.7 Å². The van der Waals surface area contributed by atoms with E-state index in [2.05, 4.69) is 4.98 Å². The molecule has 0 aliphatic heterocycles. The highest BCUT2D eigenvalue weighted by Crippen LogP contribution is 2.29.